The van der Waals surface area contributed by atoms with Gasteiger partial charge < -0.3 is 20.5 Å². The molecule has 0 bridgehead atoms. The van der Waals surface area contributed by atoms with Crippen LogP contribution < -0.4 is 11.1 Å². The predicted octanol–water partition coefficient (Wildman–Crippen LogP) is 0.426. The predicted molar refractivity (Wildman–Crippen MR) is 65.7 cm³/mol. The van der Waals surface area contributed by atoms with Gasteiger partial charge in [-0.15, -0.1) is 0 Å². The molecule has 0 spiro atoms. The second kappa shape index (κ2) is 6.93. The molecule has 5 nitrogen and oxygen atoms in total. The van der Waals surface area contributed by atoms with Crippen molar-refractivity contribution in [3.8, 4) is 0 Å². The molecule has 0 aromatic heterocycles. The first-order valence-electron chi connectivity index (χ1n) is 6.24. The molecular weight excluding hydrogens is 220 g/mol. The Bertz CT molecular complexity index is 240. The summed E-state index contributed by atoms with van der Waals surface area (Å²) < 4.78 is 10.7. The molecule has 0 radical (unpaired) electrons. The van der Waals surface area contributed by atoms with Crippen LogP contribution in [0.25, 0.3) is 0 Å². The van der Waals surface area contributed by atoms with Crippen LogP contribution in [0.15, 0.2) is 0 Å². The van der Waals surface area contributed by atoms with Crippen molar-refractivity contribution in [3.63, 3.8) is 0 Å². The number of nitrogens with one attached hydrogen (secondary N) is 1. The maximum atomic E-state index is 11.6. The molecule has 1 aliphatic rings. The van der Waals surface area contributed by atoms with Gasteiger partial charge >= 0.3 is 0 Å². The van der Waals surface area contributed by atoms with Crippen molar-refractivity contribution in [2.45, 2.75) is 44.2 Å². The van der Waals surface area contributed by atoms with Gasteiger partial charge in [0.1, 0.15) is 6.61 Å². The van der Waals surface area contributed by atoms with Crippen LogP contribution in [0.3, 0.4) is 0 Å². The van der Waals surface area contributed by atoms with Crippen LogP contribution in [0.1, 0.15) is 32.6 Å². The average molecular weight is 244 g/mol. The Morgan fingerprint density at radius 2 is 2.12 bits per heavy atom. The quantitative estimate of drug-likeness (QED) is 0.681. The van der Waals surface area contributed by atoms with Crippen LogP contribution in [0, 0.1) is 0 Å². The van der Waals surface area contributed by atoms with Gasteiger partial charge in [0.15, 0.2) is 0 Å². The molecule has 1 saturated carbocycles. The third-order valence-corrected chi connectivity index (χ3v) is 3.22. The molecule has 0 aromatic rings. The van der Waals surface area contributed by atoms with Crippen molar-refractivity contribution in [3.05, 3.63) is 0 Å². The Labute approximate surface area is 103 Å². The second-order valence-corrected chi connectivity index (χ2v) is 4.81. The van der Waals surface area contributed by atoms with Gasteiger partial charge in [-0.2, -0.15) is 0 Å². The maximum Gasteiger partial charge on any atom is 0.246 e. The minimum Gasteiger partial charge on any atom is -0.383 e. The van der Waals surface area contributed by atoms with E-state index >= 15 is 0 Å². The highest BCUT2D eigenvalue weighted by Crippen LogP contribution is 2.31. The van der Waals surface area contributed by atoms with E-state index in [0.29, 0.717) is 13.2 Å². The smallest absolute Gasteiger partial charge is 0.246 e. The van der Waals surface area contributed by atoms with E-state index in [9.17, 15) is 4.79 Å². The lowest BCUT2D eigenvalue weighted by atomic mass is 10.0. The SMILES string of the molecule is COCC(C)NC(=O)COC1(CN)CCCC1. The van der Waals surface area contributed by atoms with E-state index in [2.05, 4.69) is 5.32 Å². The molecule has 0 aliphatic heterocycles. The van der Waals surface area contributed by atoms with E-state index in [1.165, 1.54) is 0 Å². The lowest BCUT2D eigenvalue weighted by Crippen LogP contribution is -2.43. The molecule has 1 atom stereocenters. The van der Waals surface area contributed by atoms with Crippen molar-refractivity contribution >= 4 is 5.91 Å². The maximum absolute atomic E-state index is 11.6. The summed E-state index contributed by atoms with van der Waals surface area (Å²) in [4.78, 5) is 11.6. The highest BCUT2D eigenvalue weighted by Gasteiger charge is 2.33. The Kier molecular flexibility index (Phi) is 5.88. The Hall–Kier alpha value is -0.650. The standard InChI is InChI=1S/C12H24N2O3/c1-10(7-16-2)14-11(15)8-17-12(9-13)5-3-4-6-12/h10H,3-9,13H2,1-2H3,(H,14,15). The highest BCUT2D eigenvalue weighted by atomic mass is 16.5. The topological polar surface area (TPSA) is 73.6 Å². The van der Waals surface area contributed by atoms with Gasteiger partial charge in [-0.1, -0.05) is 12.8 Å². The number of hydrogen-bond donors (Lipinski definition) is 2. The van der Waals surface area contributed by atoms with Crippen LogP contribution >= 0.6 is 0 Å². The summed E-state index contributed by atoms with van der Waals surface area (Å²) in [7, 11) is 1.61. The zero-order chi connectivity index (χ0) is 12.7. The number of ether oxygens (including phenoxy) is 2. The van der Waals surface area contributed by atoms with Gasteiger partial charge in [0.25, 0.3) is 0 Å². The molecule has 1 amide bonds. The summed E-state index contributed by atoms with van der Waals surface area (Å²) in [5.41, 5.74) is 5.47. The van der Waals surface area contributed by atoms with Crippen molar-refractivity contribution < 1.29 is 14.3 Å². The van der Waals surface area contributed by atoms with Gasteiger partial charge in [0, 0.05) is 19.7 Å². The zero-order valence-corrected chi connectivity index (χ0v) is 10.8. The van der Waals surface area contributed by atoms with E-state index in [4.69, 9.17) is 15.2 Å². The Balaban J connectivity index is 2.27. The average Bonchev–Trinajstić information content (AvgIpc) is 2.76. The molecule has 0 aromatic carbocycles. The molecule has 1 aliphatic carbocycles. The van der Waals surface area contributed by atoms with E-state index in [1.54, 1.807) is 7.11 Å². The molecule has 1 fully saturated rings. The fraction of sp³-hybridized carbons (Fsp3) is 0.917. The fourth-order valence-corrected chi connectivity index (χ4v) is 2.25. The minimum absolute atomic E-state index is 0.00787. The minimum atomic E-state index is -0.262. The van der Waals surface area contributed by atoms with Crippen LogP contribution in [0.2, 0.25) is 0 Å². The summed E-state index contributed by atoms with van der Waals surface area (Å²) in [6.07, 6.45) is 4.20. The third kappa shape index (κ3) is 4.61. The first-order valence-corrected chi connectivity index (χ1v) is 6.24. The number of amides is 1. The van der Waals surface area contributed by atoms with Gasteiger partial charge in [-0.3, -0.25) is 4.79 Å². The molecule has 0 heterocycles. The van der Waals surface area contributed by atoms with Crippen molar-refractivity contribution in [2.24, 2.45) is 5.73 Å². The lowest BCUT2D eigenvalue weighted by molar-refractivity contribution is -0.133. The van der Waals surface area contributed by atoms with Crippen molar-refractivity contribution in [1.29, 1.82) is 0 Å². The summed E-state index contributed by atoms with van der Waals surface area (Å²) >= 11 is 0. The molecule has 0 saturated heterocycles. The van der Waals surface area contributed by atoms with Crippen molar-refractivity contribution in [1.82, 2.24) is 5.32 Å². The highest BCUT2D eigenvalue weighted by molar-refractivity contribution is 5.77. The summed E-state index contributed by atoms with van der Waals surface area (Å²) in [6, 6.07) is 0.00787. The molecular formula is C12H24N2O3. The van der Waals surface area contributed by atoms with Crippen LogP contribution in [0.4, 0.5) is 0 Å². The first kappa shape index (κ1) is 14.4. The van der Waals surface area contributed by atoms with E-state index in [1.807, 2.05) is 6.92 Å². The number of hydrogen-bond acceptors (Lipinski definition) is 4. The van der Waals surface area contributed by atoms with Gasteiger partial charge in [-0.25, -0.2) is 0 Å². The largest absolute Gasteiger partial charge is 0.383 e. The van der Waals surface area contributed by atoms with Gasteiger partial charge in [0.2, 0.25) is 5.91 Å². The van der Waals surface area contributed by atoms with E-state index < -0.39 is 0 Å². The molecule has 3 N–H and O–H groups in total. The normalized spacial score (nSPS) is 20.2. The summed E-state index contributed by atoms with van der Waals surface area (Å²) in [5, 5.41) is 2.82. The van der Waals surface area contributed by atoms with Crippen molar-refractivity contribution in [2.75, 3.05) is 26.9 Å². The molecule has 17 heavy (non-hydrogen) atoms. The molecule has 100 valence electrons. The lowest BCUT2D eigenvalue weighted by Gasteiger charge is -2.27. The van der Waals surface area contributed by atoms with E-state index in [0.717, 1.165) is 25.7 Å². The fourth-order valence-electron chi connectivity index (χ4n) is 2.25. The van der Waals surface area contributed by atoms with Crippen LogP contribution in [-0.2, 0) is 14.3 Å². The van der Waals surface area contributed by atoms with Gasteiger partial charge in [0.05, 0.1) is 12.2 Å². The molecule has 1 unspecified atom stereocenters. The first-order chi connectivity index (χ1) is 8.12. The second-order valence-electron chi connectivity index (χ2n) is 4.81. The number of nitrogens with two attached hydrogens (primary N) is 1. The number of methoxy groups -OCH3 is 1. The monoisotopic (exact) mass is 244 g/mol. The summed E-state index contributed by atoms with van der Waals surface area (Å²) in [5.74, 6) is -0.103. The van der Waals surface area contributed by atoms with Crippen LogP contribution in [0.5, 0.6) is 0 Å². The number of rotatable bonds is 7. The third-order valence-electron chi connectivity index (χ3n) is 3.22. The molecule has 1 rings (SSSR count). The number of carbonyl (C=O) groups excluding carboxylic acids is 1. The Morgan fingerprint density at radius 1 is 1.47 bits per heavy atom. The van der Waals surface area contributed by atoms with Gasteiger partial charge in [-0.05, 0) is 19.8 Å². The summed E-state index contributed by atoms with van der Waals surface area (Å²) in [6.45, 7) is 2.99. The van der Waals surface area contributed by atoms with Crippen LogP contribution in [-0.4, -0.2) is 44.4 Å². The molecule has 5 heteroatoms. The number of carbonyl (C=O) groups is 1. The van der Waals surface area contributed by atoms with E-state index in [-0.39, 0.29) is 24.2 Å². The Morgan fingerprint density at radius 3 is 2.65 bits per heavy atom. The zero-order valence-electron chi connectivity index (χ0n) is 10.8.